The number of aliphatic hydroxyl groups excluding tert-OH is 1. The van der Waals surface area contributed by atoms with Crippen LogP contribution in [0.3, 0.4) is 0 Å². The van der Waals surface area contributed by atoms with Crippen molar-refractivity contribution in [3.63, 3.8) is 0 Å². The van der Waals surface area contributed by atoms with E-state index in [9.17, 15) is 19.5 Å². The van der Waals surface area contributed by atoms with E-state index < -0.39 is 36.0 Å². The van der Waals surface area contributed by atoms with Crippen LogP contribution in [0.15, 0.2) is 0 Å². The number of carboxylic acid groups (broad SMARTS) is 1. The van der Waals surface area contributed by atoms with Crippen molar-refractivity contribution < 1.29 is 24.6 Å². The molecule has 0 unspecified atom stereocenters. The van der Waals surface area contributed by atoms with Gasteiger partial charge in [0, 0.05) is 32.2 Å². The number of carbonyl (C=O) groups excluding carboxylic acids is 2. The maximum atomic E-state index is 12.2. The largest absolute Gasteiger partial charge is 0.480 e. The Morgan fingerprint density at radius 3 is 2.57 bits per heavy atom. The molecule has 0 radical (unpaired) electrons. The van der Waals surface area contributed by atoms with Gasteiger partial charge in [0.05, 0.1) is 12.2 Å². The summed E-state index contributed by atoms with van der Waals surface area (Å²) in [5.41, 5.74) is 0. The van der Waals surface area contributed by atoms with E-state index in [4.69, 9.17) is 10.4 Å². The van der Waals surface area contributed by atoms with Crippen molar-refractivity contribution in [1.82, 2.24) is 10.2 Å². The van der Waals surface area contributed by atoms with E-state index in [-0.39, 0.29) is 25.3 Å². The summed E-state index contributed by atoms with van der Waals surface area (Å²) in [4.78, 5) is 36.0. The Hall–Kier alpha value is -2.14. The lowest BCUT2D eigenvalue weighted by Crippen LogP contribution is -2.52. The molecule has 0 spiro atoms. The standard InChI is InChI=1S/C13H19N3O5/c1-7(3-4-14)11(13(20)21)15-12(19)10-5-9(18)6-16(10)8(2)17/h7,9-11,18H,3,5-6H2,1-2H3,(H,15,19)(H,20,21)/t7-,9+,10-,11+/m0/s1. The van der Waals surface area contributed by atoms with Gasteiger partial charge in [-0.1, -0.05) is 6.92 Å². The SMILES string of the molecule is CC(=O)N1C[C@H](O)C[C@H]1C(=O)N[C@@H](C(=O)O)[C@@H](C)CC#N. The average molecular weight is 297 g/mol. The van der Waals surface area contributed by atoms with Crippen LogP contribution in [0.25, 0.3) is 0 Å². The molecule has 8 heteroatoms. The predicted octanol–water partition coefficient (Wildman–Crippen LogP) is -0.913. The number of amides is 2. The Kier molecular flexibility index (Phi) is 5.67. The normalized spacial score (nSPS) is 24.0. The summed E-state index contributed by atoms with van der Waals surface area (Å²) in [5.74, 6) is -2.78. The fraction of sp³-hybridized carbons (Fsp3) is 0.692. The molecule has 0 aliphatic carbocycles. The van der Waals surface area contributed by atoms with Crippen molar-refractivity contribution in [2.45, 2.75) is 44.9 Å². The number of likely N-dealkylation sites (tertiary alicyclic amines) is 1. The van der Waals surface area contributed by atoms with Crippen molar-refractivity contribution in [3.05, 3.63) is 0 Å². The molecule has 3 N–H and O–H groups in total. The molecule has 116 valence electrons. The molecule has 0 aromatic heterocycles. The number of aliphatic hydroxyl groups is 1. The van der Waals surface area contributed by atoms with Gasteiger partial charge in [0.1, 0.15) is 12.1 Å². The molecule has 1 saturated heterocycles. The maximum absolute atomic E-state index is 12.2. The summed E-state index contributed by atoms with van der Waals surface area (Å²) < 4.78 is 0. The van der Waals surface area contributed by atoms with Gasteiger partial charge in [-0.15, -0.1) is 0 Å². The van der Waals surface area contributed by atoms with Crippen LogP contribution in [0, 0.1) is 17.2 Å². The first-order valence-electron chi connectivity index (χ1n) is 6.63. The van der Waals surface area contributed by atoms with E-state index in [1.54, 1.807) is 6.92 Å². The number of carboxylic acids is 1. The van der Waals surface area contributed by atoms with Crippen LogP contribution in [-0.4, -0.2) is 57.6 Å². The fourth-order valence-corrected chi connectivity index (χ4v) is 2.37. The quantitative estimate of drug-likeness (QED) is 0.602. The molecule has 4 atom stereocenters. The third kappa shape index (κ3) is 4.16. The van der Waals surface area contributed by atoms with Crippen LogP contribution in [0.1, 0.15) is 26.7 Å². The number of aliphatic carboxylic acids is 1. The first kappa shape index (κ1) is 16.9. The molecule has 0 aromatic rings. The molecule has 1 rings (SSSR count). The Bertz CT molecular complexity index is 473. The van der Waals surface area contributed by atoms with Crippen molar-refractivity contribution in [1.29, 1.82) is 5.26 Å². The van der Waals surface area contributed by atoms with Crippen molar-refractivity contribution >= 4 is 17.8 Å². The molecule has 0 aromatic carbocycles. The number of nitrogens with zero attached hydrogens (tertiary/aromatic N) is 2. The lowest BCUT2D eigenvalue weighted by atomic mass is 9.98. The van der Waals surface area contributed by atoms with Gasteiger partial charge in [0.15, 0.2) is 0 Å². The smallest absolute Gasteiger partial charge is 0.326 e. The topological polar surface area (TPSA) is 131 Å². The highest BCUT2D eigenvalue weighted by Crippen LogP contribution is 2.19. The molecular formula is C13H19N3O5. The van der Waals surface area contributed by atoms with Crippen molar-refractivity contribution in [2.24, 2.45) is 5.92 Å². The second-order valence-corrected chi connectivity index (χ2v) is 5.24. The molecule has 2 amide bonds. The second-order valence-electron chi connectivity index (χ2n) is 5.24. The van der Waals surface area contributed by atoms with Gasteiger partial charge >= 0.3 is 5.97 Å². The van der Waals surface area contributed by atoms with Crippen LogP contribution in [0.2, 0.25) is 0 Å². The molecule has 0 bridgehead atoms. The van der Waals surface area contributed by atoms with Gasteiger partial charge in [-0.3, -0.25) is 9.59 Å². The van der Waals surface area contributed by atoms with Crippen LogP contribution in [0.4, 0.5) is 0 Å². The number of nitriles is 1. The number of β-amino-alcohol motifs (C(OH)–C–C–N with tert-alkyl or cyclic N) is 1. The number of rotatable bonds is 5. The molecule has 1 fully saturated rings. The highest BCUT2D eigenvalue weighted by molar-refractivity contribution is 5.90. The Labute approximate surface area is 122 Å². The van der Waals surface area contributed by atoms with Gasteiger partial charge in [0.25, 0.3) is 0 Å². The molecule has 8 nitrogen and oxygen atoms in total. The molecule has 1 heterocycles. The lowest BCUT2D eigenvalue weighted by molar-refractivity contribution is -0.144. The first-order valence-corrected chi connectivity index (χ1v) is 6.63. The van der Waals surface area contributed by atoms with E-state index >= 15 is 0 Å². The molecule has 21 heavy (non-hydrogen) atoms. The highest BCUT2D eigenvalue weighted by atomic mass is 16.4. The minimum Gasteiger partial charge on any atom is -0.480 e. The minimum absolute atomic E-state index is 0.0129. The van der Waals surface area contributed by atoms with Gasteiger partial charge < -0.3 is 20.4 Å². The average Bonchev–Trinajstić information content (AvgIpc) is 2.78. The van der Waals surface area contributed by atoms with E-state index in [0.717, 1.165) is 0 Å². The zero-order valence-electron chi connectivity index (χ0n) is 11.9. The third-order valence-electron chi connectivity index (χ3n) is 3.53. The molecule has 1 aliphatic heterocycles. The van der Waals surface area contributed by atoms with Gasteiger partial charge in [0.2, 0.25) is 11.8 Å². The Balaban J connectivity index is 2.80. The van der Waals surface area contributed by atoms with Crippen LogP contribution < -0.4 is 5.32 Å². The Morgan fingerprint density at radius 2 is 2.10 bits per heavy atom. The van der Waals surface area contributed by atoms with Gasteiger partial charge in [-0.2, -0.15) is 5.26 Å². The number of carbonyl (C=O) groups is 3. The fourth-order valence-electron chi connectivity index (χ4n) is 2.37. The number of hydrogen-bond acceptors (Lipinski definition) is 5. The van der Waals surface area contributed by atoms with Crippen molar-refractivity contribution in [2.75, 3.05) is 6.54 Å². The summed E-state index contributed by atoms with van der Waals surface area (Å²) in [7, 11) is 0. The first-order chi connectivity index (χ1) is 9.77. The van der Waals surface area contributed by atoms with Crippen LogP contribution in [0.5, 0.6) is 0 Å². The second kappa shape index (κ2) is 7.04. The lowest BCUT2D eigenvalue weighted by Gasteiger charge is -2.25. The van der Waals surface area contributed by atoms with Gasteiger partial charge in [-0.05, 0) is 0 Å². The summed E-state index contributed by atoms with van der Waals surface area (Å²) >= 11 is 0. The van der Waals surface area contributed by atoms with Crippen LogP contribution in [-0.2, 0) is 14.4 Å². The van der Waals surface area contributed by atoms with E-state index in [0.29, 0.717) is 0 Å². The number of nitrogens with one attached hydrogen (secondary N) is 1. The van der Waals surface area contributed by atoms with Crippen LogP contribution >= 0.6 is 0 Å². The maximum Gasteiger partial charge on any atom is 0.326 e. The van der Waals surface area contributed by atoms with E-state index in [1.807, 2.05) is 6.07 Å². The van der Waals surface area contributed by atoms with Gasteiger partial charge in [-0.25, -0.2) is 4.79 Å². The molecule has 1 aliphatic rings. The predicted molar refractivity (Wildman–Crippen MR) is 70.8 cm³/mol. The number of hydrogen-bond donors (Lipinski definition) is 3. The van der Waals surface area contributed by atoms with E-state index in [1.165, 1.54) is 11.8 Å². The summed E-state index contributed by atoms with van der Waals surface area (Å²) in [6.45, 7) is 2.89. The van der Waals surface area contributed by atoms with E-state index in [2.05, 4.69) is 5.32 Å². The Morgan fingerprint density at radius 1 is 1.48 bits per heavy atom. The molecular weight excluding hydrogens is 278 g/mol. The third-order valence-corrected chi connectivity index (χ3v) is 3.53. The minimum atomic E-state index is -1.24. The summed E-state index contributed by atoms with van der Waals surface area (Å²) in [5, 5.41) is 29.7. The zero-order chi connectivity index (χ0) is 16.2. The van der Waals surface area contributed by atoms with Crippen molar-refractivity contribution in [3.8, 4) is 6.07 Å². The monoisotopic (exact) mass is 297 g/mol. The highest BCUT2D eigenvalue weighted by Gasteiger charge is 2.39. The zero-order valence-corrected chi connectivity index (χ0v) is 11.9. The summed E-state index contributed by atoms with van der Waals surface area (Å²) in [6, 6.07) is -0.225. The summed E-state index contributed by atoms with van der Waals surface area (Å²) in [6.07, 6.45) is -0.741. The molecule has 0 saturated carbocycles.